The highest BCUT2D eigenvalue weighted by molar-refractivity contribution is 7.12. The molecule has 1 aromatic heterocycles. The van der Waals surface area contributed by atoms with Gasteiger partial charge in [0.15, 0.2) is 11.7 Å². The van der Waals surface area contributed by atoms with E-state index in [2.05, 4.69) is 5.32 Å². The normalized spacial score (nSPS) is 15.4. The van der Waals surface area contributed by atoms with Crippen molar-refractivity contribution >= 4 is 22.9 Å². The van der Waals surface area contributed by atoms with Crippen LogP contribution in [0.5, 0.6) is 5.06 Å². The molecule has 2 heterocycles. The summed E-state index contributed by atoms with van der Waals surface area (Å²) in [7, 11) is 0. The Hall–Kier alpha value is -1.03. The fourth-order valence-corrected chi connectivity index (χ4v) is 1.52. The predicted molar refractivity (Wildman–Crippen MR) is 38.4 cm³/mol. The van der Waals surface area contributed by atoms with Gasteiger partial charge in [0, 0.05) is 0 Å². The molecule has 1 amide bonds. The van der Waals surface area contributed by atoms with Crippen molar-refractivity contribution in [2.45, 2.75) is 0 Å². The van der Waals surface area contributed by atoms with Crippen LogP contribution in [0.1, 0.15) is 0 Å². The molecular weight excluding hydrogens is 150 g/mol. The van der Waals surface area contributed by atoms with Gasteiger partial charge in [-0.1, -0.05) is 0 Å². The number of ether oxygens (including phenoxy) is 1. The lowest BCUT2D eigenvalue weighted by atomic mass is 10.4. The molecule has 0 spiro atoms. The number of amides is 1. The van der Waals surface area contributed by atoms with Gasteiger partial charge in [0.05, 0.1) is 5.69 Å². The number of carbonyl (C=O) groups excluding carboxylic acids is 1. The van der Waals surface area contributed by atoms with Crippen LogP contribution in [0, 0.1) is 0 Å². The first-order valence-corrected chi connectivity index (χ1v) is 3.74. The Labute approximate surface area is 61.6 Å². The van der Waals surface area contributed by atoms with E-state index < -0.39 is 0 Å². The topological polar surface area (TPSA) is 38.3 Å². The largest absolute Gasteiger partial charge is 0.472 e. The van der Waals surface area contributed by atoms with Crippen LogP contribution in [0.15, 0.2) is 11.4 Å². The average molecular weight is 155 g/mol. The van der Waals surface area contributed by atoms with Crippen LogP contribution >= 0.6 is 11.3 Å². The van der Waals surface area contributed by atoms with E-state index in [0.717, 1.165) is 10.8 Å². The summed E-state index contributed by atoms with van der Waals surface area (Å²) in [5.41, 5.74) is 0.793. The van der Waals surface area contributed by atoms with Crippen molar-refractivity contribution in [2.75, 3.05) is 11.9 Å². The summed E-state index contributed by atoms with van der Waals surface area (Å²) in [5.74, 6) is -0.0779. The third kappa shape index (κ3) is 0.769. The molecule has 0 saturated carbocycles. The number of fused-ring (bicyclic) bond motifs is 1. The van der Waals surface area contributed by atoms with Gasteiger partial charge < -0.3 is 10.1 Å². The third-order valence-electron chi connectivity index (χ3n) is 1.24. The number of carbonyl (C=O) groups is 1. The molecule has 0 bridgehead atoms. The molecule has 2 rings (SSSR count). The van der Waals surface area contributed by atoms with E-state index in [1.54, 1.807) is 0 Å². The Morgan fingerprint density at radius 3 is 3.50 bits per heavy atom. The fraction of sp³-hybridized carbons (Fsp3) is 0.167. The van der Waals surface area contributed by atoms with Crippen molar-refractivity contribution < 1.29 is 9.53 Å². The molecule has 0 radical (unpaired) electrons. The highest BCUT2D eigenvalue weighted by Gasteiger charge is 2.15. The lowest BCUT2D eigenvalue weighted by molar-refractivity contribution is -0.118. The van der Waals surface area contributed by atoms with Crippen molar-refractivity contribution in [1.29, 1.82) is 0 Å². The number of hydrogen-bond donors (Lipinski definition) is 1. The Balaban J connectivity index is 2.39. The summed E-state index contributed by atoms with van der Waals surface area (Å²) in [6.45, 7) is 0.146. The second-order valence-electron chi connectivity index (χ2n) is 1.96. The highest BCUT2D eigenvalue weighted by Crippen LogP contribution is 2.32. The van der Waals surface area contributed by atoms with Gasteiger partial charge in [0.25, 0.3) is 5.91 Å². The van der Waals surface area contributed by atoms with E-state index >= 15 is 0 Å². The molecule has 10 heavy (non-hydrogen) atoms. The van der Waals surface area contributed by atoms with Crippen LogP contribution in [-0.2, 0) is 4.79 Å². The Bertz CT molecular complexity index is 268. The third-order valence-corrected chi connectivity index (χ3v) is 2.06. The maximum atomic E-state index is 10.7. The minimum absolute atomic E-state index is 0.0779. The lowest BCUT2D eigenvalue weighted by Crippen LogP contribution is -2.24. The second-order valence-corrected chi connectivity index (χ2v) is 2.84. The molecule has 0 unspecified atom stereocenters. The molecule has 1 aliphatic rings. The van der Waals surface area contributed by atoms with E-state index in [9.17, 15) is 4.79 Å². The minimum Gasteiger partial charge on any atom is -0.472 e. The highest BCUT2D eigenvalue weighted by atomic mass is 32.1. The van der Waals surface area contributed by atoms with E-state index in [0.29, 0.717) is 0 Å². The van der Waals surface area contributed by atoms with Crippen molar-refractivity contribution in [3.05, 3.63) is 11.4 Å². The SMILES string of the molecule is O=C1COc2sccc2N1. The Morgan fingerprint density at radius 2 is 2.60 bits per heavy atom. The van der Waals surface area contributed by atoms with Crippen LogP contribution < -0.4 is 10.1 Å². The van der Waals surface area contributed by atoms with Gasteiger partial charge in [-0.25, -0.2) is 0 Å². The maximum absolute atomic E-state index is 10.7. The summed E-state index contributed by atoms with van der Waals surface area (Å²) in [4.78, 5) is 10.7. The average Bonchev–Trinajstić information content (AvgIpc) is 2.33. The number of rotatable bonds is 0. The van der Waals surface area contributed by atoms with Gasteiger partial charge in [-0.15, -0.1) is 11.3 Å². The van der Waals surface area contributed by atoms with E-state index in [1.165, 1.54) is 11.3 Å². The molecule has 3 nitrogen and oxygen atoms in total. The van der Waals surface area contributed by atoms with Gasteiger partial charge in [-0.2, -0.15) is 0 Å². The molecule has 4 heteroatoms. The Morgan fingerprint density at radius 1 is 1.70 bits per heavy atom. The van der Waals surface area contributed by atoms with Crippen molar-refractivity contribution in [1.82, 2.24) is 0 Å². The summed E-state index contributed by atoms with van der Waals surface area (Å²) in [6.07, 6.45) is 0. The first kappa shape index (κ1) is 5.73. The quantitative estimate of drug-likeness (QED) is 0.608. The van der Waals surface area contributed by atoms with Gasteiger partial charge in [-0.05, 0) is 11.4 Å². The smallest absolute Gasteiger partial charge is 0.262 e. The first-order valence-electron chi connectivity index (χ1n) is 2.86. The molecule has 0 fully saturated rings. The van der Waals surface area contributed by atoms with E-state index in [-0.39, 0.29) is 12.5 Å². The molecule has 0 saturated heterocycles. The van der Waals surface area contributed by atoms with Crippen LogP contribution in [-0.4, -0.2) is 12.5 Å². The zero-order valence-electron chi connectivity index (χ0n) is 5.09. The van der Waals surface area contributed by atoms with Crippen molar-refractivity contribution in [3.63, 3.8) is 0 Å². The van der Waals surface area contributed by atoms with Crippen LogP contribution in [0.4, 0.5) is 5.69 Å². The summed E-state index contributed by atoms with van der Waals surface area (Å²) < 4.78 is 5.08. The van der Waals surface area contributed by atoms with Crippen LogP contribution in [0.3, 0.4) is 0 Å². The Kier molecular flexibility index (Phi) is 1.14. The monoisotopic (exact) mass is 155 g/mol. The van der Waals surface area contributed by atoms with Gasteiger partial charge in [0.2, 0.25) is 0 Å². The van der Waals surface area contributed by atoms with Crippen LogP contribution in [0.2, 0.25) is 0 Å². The second kappa shape index (κ2) is 1.98. The summed E-state index contributed by atoms with van der Waals surface area (Å²) in [6, 6.07) is 1.83. The number of thiophene rings is 1. The van der Waals surface area contributed by atoms with Crippen molar-refractivity contribution in [2.24, 2.45) is 0 Å². The van der Waals surface area contributed by atoms with Gasteiger partial charge in [0.1, 0.15) is 0 Å². The van der Waals surface area contributed by atoms with Gasteiger partial charge in [-0.3, -0.25) is 4.79 Å². The zero-order valence-corrected chi connectivity index (χ0v) is 5.90. The van der Waals surface area contributed by atoms with Crippen molar-refractivity contribution in [3.8, 4) is 5.06 Å². The minimum atomic E-state index is -0.0779. The van der Waals surface area contributed by atoms with E-state index in [4.69, 9.17) is 4.74 Å². The predicted octanol–water partition coefficient (Wildman–Crippen LogP) is 1.08. The first-order chi connectivity index (χ1) is 4.86. The summed E-state index contributed by atoms with van der Waals surface area (Å²) >= 11 is 1.49. The molecule has 1 aromatic rings. The number of hydrogen-bond acceptors (Lipinski definition) is 3. The fourth-order valence-electron chi connectivity index (χ4n) is 0.817. The summed E-state index contributed by atoms with van der Waals surface area (Å²) in [5, 5.41) is 5.38. The molecule has 0 atom stereocenters. The number of anilines is 1. The molecule has 0 aromatic carbocycles. The maximum Gasteiger partial charge on any atom is 0.262 e. The standard InChI is InChI=1S/C6H5NO2S/c8-5-3-9-6-4(7-5)1-2-10-6/h1-2H,3H2,(H,7,8). The van der Waals surface area contributed by atoms with E-state index in [1.807, 2.05) is 11.4 Å². The molecule has 1 aliphatic heterocycles. The van der Waals surface area contributed by atoms with Gasteiger partial charge >= 0.3 is 0 Å². The number of nitrogens with one attached hydrogen (secondary N) is 1. The molecule has 1 N–H and O–H groups in total. The zero-order chi connectivity index (χ0) is 6.97. The lowest BCUT2D eigenvalue weighted by Gasteiger charge is -2.12. The molecule has 0 aliphatic carbocycles. The molecular formula is C6H5NO2S. The van der Waals surface area contributed by atoms with Crippen LogP contribution in [0.25, 0.3) is 0 Å². The molecule has 52 valence electrons.